The fourth-order valence-electron chi connectivity index (χ4n) is 1.39. The SMILES string of the molecule is CC.Cc1ccc2oc(C(=O)O)c(C)c2n1. The molecule has 2 aromatic heterocycles. The standard InChI is InChI=1S/C10H9NO3.C2H6/c1-5-3-4-7-8(11-5)6(2)9(14-7)10(12)13;1-2/h3-4H,1-2H3,(H,12,13);1-2H3. The lowest BCUT2D eigenvalue weighted by Gasteiger charge is -1.90. The topological polar surface area (TPSA) is 63.3 Å². The van der Waals surface area contributed by atoms with Crippen LogP contribution in [0.5, 0.6) is 0 Å². The molecule has 4 nitrogen and oxygen atoms in total. The first-order valence-corrected chi connectivity index (χ1v) is 5.19. The van der Waals surface area contributed by atoms with Crippen molar-refractivity contribution in [1.29, 1.82) is 0 Å². The first-order chi connectivity index (χ1) is 7.59. The van der Waals surface area contributed by atoms with Crippen LogP contribution in [-0.2, 0) is 0 Å². The fourth-order valence-corrected chi connectivity index (χ4v) is 1.39. The molecule has 2 aromatic rings. The molecule has 0 unspecified atom stereocenters. The molecule has 1 N–H and O–H groups in total. The average molecular weight is 221 g/mol. The Hall–Kier alpha value is -1.84. The van der Waals surface area contributed by atoms with Gasteiger partial charge in [0.05, 0.1) is 0 Å². The highest BCUT2D eigenvalue weighted by Gasteiger charge is 2.17. The predicted octanol–water partition coefficient (Wildman–Crippen LogP) is 3.17. The normalized spacial score (nSPS) is 9.75. The molecule has 0 aliphatic heterocycles. The Morgan fingerprint density at radius 3 is 2.50 bits per heavy atom. The highest BCUT2D eigenvalue weighted by molar-refractivity contribution is 5.93. The molecule has 0 atom stereocenters. The van der Waals surface area contributed by atoms with Crippen molar-refractivity contribution in [2.75, 3.05) is 0 Å². The maximum Gasteiger partial charge on any atom is 0.372 e. The number of aryl methyl sites for hydroxylation is 2. The van der Waals surface area contributed by atoms with Gasteiger partial charge in [0.2, 0.25) is 5.76 Å². The molecule has 0 spiro atoms. The molecular weight excluding hydrogens is 206 g/mol. The van der Waals surface area contributed by atoms with Gasteiger partial charge in [0.25, 0.3) is 0 Å². The fraction of sp³-hybridized carbons (Fsp3) is 0.333. The minimum Gasteiger partial charge on any atom is -0.475 e. The number of rotatable bonds is 1. The summed E-state index contributed by atoms with van der Waals surface area (Å²) in [5.41, 5.74) is 2.57. The molecular formula is C12H15NO3. The molecule has 0 aliphatic carbocycles. The Morgan fingerprint density at radius 1 is 1.31 bits per heavy atom. The minimum atomic E-state index is -1.06. The quantitative estimate of drug-likeness (QED) is 0.803. The summed E-state index contributed by atoms with van der Waals surface area (Å²) in [5.74, 6) is -1.09. The second-order valence-corrected chi connectivity index (χ2v) is 3.16. The van der Waals surface area contributed by atoms with E-state index in [0.29, 0.717) is 16.7 Å². The number of carbonyl (C=O) groups is 1. The predicted molar refractivity (Wildman–Crippen MR) is 61.8 cm³/mol. The highest BCUT2D eigenvalue weighted by Crippen LogP contribution is 2.23. The van der Waals surface area contributed by atoms with Gasteiger partial charge in [-0.25, -0.2) is 9.78 Å². The van der Waals surface area contributed by atoms with Crippen LogP contribution in [0.1, 0.15) is 35.7 Å². The van der Waals surface area contributed by atoms with E-state index in [0.717, 1.165) is 5.69 Å². The van der Waals surface area contributed by atoms with E-state index in [1.165, 1.54) is 0 Å². The lowest BCUT2D eigenvalue weighted by Crippen LogP contribution is -1.95. The van der Waals surface area contributed by atoms with E-state index in [-0.39, 0.29) is 5.76 Å². The Kier molecular flexibility index (Phi) is 3.66. The van der Waals surface area contributed by atoms with Gasteiger partial charge in [-0.05, 0) is 26.0 Å². The third-order valence-corrected chi connectivity index (χ3v) is 2.10. The summed E-state index contributed by atoms with van der Waals surface area (Å²) < 4.78 is 5.15. The van der Waals surface area contributed by atoms with E-state index < -0.39 is 5.97 Å². The summed E-state index contributed by atoms with van der Waals surface area (Å²) in [7, 11) is 0. The van der Waals surface area contributed by atoms with Crippen LogP contribution < -0.4 is 0 Å². The zero-order chi connectivity index (χ0) is 12.3. The Morgan fingerprint density at radius 2 is 1.94 bits per heavy atom. The van der Waals surface area contributed by atoms with E-state index in [4.69, 9.17) is 9.52 Å². The zero-order valence-electron chi connectivity index (χ0n) is 9.87. The van der Waals surface area contributed by atoms with Crippen molar-refractivity contribution in [3.8, 4) is 0 Å². The van der Waals surface area contributed by atoms with Gasteiger partial charge in [-0.3, -0.25) is 0 Å². The van der Waals surface area contributed by atoms with Gasteiger partial charge in [-0.15, -0.1) is 0 Å². The van der Waals surface area contributed by atoms with Crippen molar-refractivity contribution in [1.82, 2.24) is 4.98 Å². The molecule has 0 aromatic carbocycles. The van der Waals surface area contributed by atoms with Gasteiger partial charge in [0.15, 0.2) is 5.58 Å². The highest BCUT2D eigenvalue weighted by atomic mass is 16.4. The third-order valence-electron chi connectivity index (χ3n) is 2.10. The van der Waals surface area contributed by atoms with Crippen LogP contribution in [0.3, 0.4) is 0 Å². The van der Waals surface area contributed by atoms with E-state index in [2.05, 4.69) is 4.98 Å². The second-order valence-electron chi connectivity index (χ2n) is 3.16. The van der Waals surface area contributed by atoms with E-state index >= 15 is 0 Å². The number of hydrogen-bond acceptors (Lipinski definition) is 3. The van der Waals surface area contributed by atoms with Crippen LogP contribution in [0.4, 0.5) is 0 Å². The van der Waals surface area contributed by atoms with Gasteiger partial charge in [0, 0.05) is 11.3 Å². The average Bonchev–Trinajstić information content (AvgIpc) is 2.59. The van der Waals surface area contributed by atoms with E-state index in [1.807, 2.05) is 20.8 Å². The molecule has 0 aliphatic rings. The molecule has 86 valence electrons. The monoisotopic (exact) mass is 221 g/mol. The number of aromatic carboxylic acids is 1. The van der Waals surface area contributed by atoms with Gasteiger partial charge in [0.1, 0.15) is 5.52 Å². The van der Waals surface area contributed by atoms with Crippen molar-refractivity contribution < 1.29 is 14.3 Å². The van der Waals surface area contributed by atoms with Crippen LogP contribution in [0.15, 0.2) is 16.5 Å². The maximum atomic E-state index is 10.8. The van der Waals surface area contributed by atoms with E-state index in [1.54, 1.807) is 19.1 Å². The van der Waals surface area contributed by atoms with Gasteiger partial charge in [-0.2, -0.15) is 0 Å². The molecule has 0 bridgehead atoms. The van der Waals surface area contributed by atoms with Crippen LogP contribution in [0, 0.1) is 13.8 Å². The van der Waals surface area contributed by atoms with Crippen LogP contribution >= 0.6 is 0 Å². The summed E-state index contributed by atoms with van der Waals surface area (Å²) in [4.78, 5) is 15.0. The van der Waals surface area contributed by atoms with Crippen molar-refractivity contribution in [2.45, 2.75) is 27.7 Å². The lowest BCUT2D eigenvalue weighted by atomic mass is 10.2. The number of fused-ring (bicyclic) bond motifs is 1. The molecule has 0 radical (unpaired) electrons. The molecule has 16 heavy (non-hydrogen) atoms. The van der Waals surface area contributed by atoms with Crippen molar-refractivity contribution in [3.05, 3.63) is 29.2 Å². The molecule has 0 saturated carbocycles. The third kappa shape index (κ3) is 2.05. The number of hydrogen-bond donors (Lipinski definition) is 1. The molecule has 2 rings (SSSR count). The summed E-state index contributed by atoms with van der Waals surface area (Å²) in [6.07, 6.45) is 0. The Labute approximate surface area is 93.9 Å². The molecule has 0 amide bonds. The lowest BCUT2D eigenvalue weighted by molar-refractivity contribution is 0.0664. The smallest absolute Gasteiger partial charge is 0.372 e. The molecule has 0 saturated heterocycles. The molecule has 2 heterocycles. The zero-order valence-corrected chi connectivity index (χ0v) is 9.87. The van der Waals surface area contributed by atoms with Crippen LogP contribution in [0.2, 0.25) is 0 Å². The number of carboxylic acids is 1. The molecule has 4 heteroatoms. The largest absolute Gasteiger partial charge is 0.475 e. The number of pyridine rings is 1. The first kappa shape index (κ1) is 12.2. The van der Waals surface area contributed by atoms with Crippen molar-refractivity contribution in [2.24, 2.45) is 0 Å². The first-order valence-electron chi connectivity index (χ1n) is 5.19. The van der Waals surface area contributed by atoms with Crippen LogP contribution in [0.25, 0.3) is 11.1 Å². The molecule has 0 fully saturated rings. The number of carboxylic acid groups (broad SMARTS) is 1. The number of aromatic nitrogens is 1. The summed E-state index contributed by atoms with van der Waals surface area (Å²) >= 11 is 0. The summed E-state index contributed by atoms with van der Waals surface area (Å²) in [5, 5.41) is 8.81. The number of furan rings is 1. The van der Waals surface area contributed by atoms with Crippen molar-refractivity contribution in [3.63, 3.8) is 0 Å². The van der Waals surface area contributed by atoms with Gasteiger partial charge in [-0.1, -0.05) is 13.8 Å². The summed E-state index contributed by atoms with van der Waals surface area (Å²) in [6, 6.07) is 3.52. The van der Waals surface area contributed by atoms with Gasteiger partial charge < -0.3 is 9.52 Å². The number of nitrogens with zero attached hydrogens (tertiary/aromatic N) is 1. The Bertz CT molecular complexity index is 514. The second kappa shape index (κ2) is 4.79. The Balaban J connectivity index is 0.000000606. The summed E-state index contributed by atoms with van der Waals surface area (Å²) in [6.45, 7) is 7.55. The minimum absolute atomic E-state index is 0.0295. The van der Waals surface area contributed by atoms with Crippen molar-refractivity contribution >= 4 is 17.1 Å². The maximum absolute atomic E-state index is 10.8. The van der Waals surface area contributed by atoms with E-state index in [9.17, 15) is 4.79 Å². The van der Waals surface area contributed by atoms with Crippen LogP contribution in [-0.4, -0.2) is 16.1 Å². The van der Waals surface area contributed by atoms with Gasteiger partial charge >= 0.3 is 5.97 Å².